The predicted octanol–water partition coefficient (Wildman–Crippen LogP) is 5.88. The van der Waals surface area contributed by atoms with E-state index in [4.69, 9.17) is 4.74 Å². The molecule has 31 heavy (non-hydrogen) atoms. The second kappa shape index (κ2) is 8.84. The van der Waals surface area contributed by atoms with Gasteiger partial charge in [0, 0.05) is 28.2 Å². The molecule has 0 spiro atoms. The van der Waals surface area contributed by atoms with Crippen LogP contribution in [0.2, 0.25) is 0 Å². The lowest BCUT2D eigenvalue weighted by Gasteiger charge is -2.18. The molecular weight excluding hydrogens is 386 g/mol. The SMILES string of the molecule is Cc1cc(C(=O)O[C@@H](C(=O)c2ccccc2)c2ccccc2)c(C)n1-c1ccccc1. The van der Waals surface area contributed by atoms with Crippen LogP contribution in [0.4, 0.5) is 0 Å². The second-order valence-electron chi connectivity index (χ2n) is 7.38. The fraction of sp³-hybridized carbons (Fsp3) is 0.111. The van der Waals surface area contributed by atoms with E-state index in [0.717, 1.165) is 17.1 Å². The van der Waals surface area contributed by atoms with Gasteiger partial charge in [-0.2, -0.15) is 0 Å². The molecule has 4 heteroatoms. The molecule has 1 heterocycles. The molecule has 4 nitrogen and oxygen atoms in total. The summed E-state index contributed by atoms with van der Waals surface area (Å²) in [7, 11) is 0. The fourth-order valence-corrected chi connectivity index (χ4v) is 3.77. The van der Waals surface area contributed by atoms with Crippen molar-refractivity contribution in [2.45, 2.75) is 20.0 Å². The van der Waals surface area contributed by atoms with Crippen molar-refractivity contribution in [3.8, 4) is 5.69 Å². The minimum atomic E-state index is -1.02. The molecule has 0 amide bonds. The number of aromatic nitrogens is 1. The molecule has 0 bridgehead atoms. The van der Waals surface area contributed by atoms with Crippen molar-refractivity contribution in [1.82, 2.24) is 4.57 Å². The summed E-state index contributed by atoms with van der Waals surface area (Å²) in [6.07, 6.45) is -1.02. The highest BCUT2D eigenvalue weighted by molar-refractivity contribution is 6.02. The van der Waals surface area contributed by atoms with Gasteiger partial charge in [-0.1, -0.05) is 78.9 Å². The van der Waals surface area contributed by atoms with E-state index in [1.165, 1.54) is 0 Å². The summed E-state index contributed by atoms with van der Waals surface area (Å²) in [5.41, 5.74) is 4.24. The van der Waals surface area contributed by atoms with E-state index in [9.17, 15) is 9.59 Å². The molecule has 4 aromatic rings. The van der Waals surface area contributed by atoms with Crippen molar-refractivity contribution in [3.63, 3.8) is 0 Å². The number of benzene rings is 3. The topological polar surface area (TPSA) is 48.3 Å². The lowest BCUT2D eigenvalue weighted by Crippen LogP contribution is -2.20. The van der Waals surface area contributed by atoms with Gasteiger partial charge in [0.05, 0.1) is 5.56 Å². The van der Waals surface area contributed by atoms with Gasteiger partial charge in [-0.3, -0.25) is 4.79 Å². The Kier molecular flexibility index (Phi) is 5.80. The maximum Gasteiger partial charge on any atom is 0.341 e. The van der Waals surface area contributed by atoms with E-state index >= 15 is 0 Å². The van der Waals surface area contributed by atoms with Gasteiger partial charge in [0.2, 0.25) is 5.78 Å². The van der Waals surface area contributed by atoms with E-state index in [-0.39, 0.29) is 5.78 Å². The molecular formula is C27H23NO3. The van der Waals surface area contributed by atoms with Crippen LogP contribution in [0.3, 0.4) is 0 Å². The van der Waals surface area contributed by atoms with E-state index in [2.05, 4.69) is 0 Å². The van der Waals surface area contributed by atoms with Gasteiger partial charge < -0.3 is 9.30 Å². The summed E-state index contributed by atoms with van der Waals surface area (Å²) in [6, 6.07) is 29.7. The average Bonchev–Trinajstić information content (AvgIpc) is 3.12. The molecule has 1 aromatic heterocycles. The Bertz CT molecular complexity index is 1200. The third kappa shape index (κ3) is 4.19. The number of nitrogens with zero attached hydrogens (tertiary/aromatic N) is 1. The number of carbonyl (C=O) groups excluding carboxylic acids is 2. The number of hydrogen-bond acceptors (Lipinski definition) is 3. The van der Waals surface area contributed by atoms with Crippen molar-refractivity contribution >= 4 is 11.8 Å². The lowest BCUT2D eigenvalue weighted by molar-refractivity contribution is 0.0279. The fourth-order valence-electron chi connectivity index (χ4n) is 3.77. The van der Waals surface area contributed by atoms with Crippen molar-refractivity contribution in [2.75, 3.05) is 0 Å². The summed E-state index contributed by atoms with van der Waals surface area (Å²) >= 11 is 0. The van der Waals surface area contributed by atoms with Crippen LogP contribution in [-0.2, 0) is 4.74 Å². The van der Waals surface area contributed by atoms with Crippen LogP contribution in [0, 0.1) is 13.8 Å². The zero-order valence-electron chi connectivity index (χ0n) is 17.5. The number of hydrogen-bond donors (Lipinski definition) is 0. The van der Waals surface area contributed by atoms with Crippen LogP contribution in [0.25, 0.3) is 5.69 Å². The molecule has 0 radical (unpaired) electrons. The first kappa shape index (κ1) is 20.4. The zero-order chi connectivity index (χ0) is 21.8. The second-order valence-corrected chi connectivity index (χ2v) is 7.38. The van der Waals surface area contributed by atoms with Gasteiger partial charge in [0.1, 0.15) is 0 Å². The first-order chi connectivity index (χ1) is 15.1. The minimum Gasteiger partial charge on any atom is -0.445 e. The molecule has 0 saturated carbocycles. The van der Waals surface area contributed by atoms with Crippen LogP contribution in [-0.4, -0.2) is 16.3 Å². The number of para-hydroxylation sites is 1. The van der Waals surface area contributed by atoms with E-state index in [1.807, 2.05) is 73.0 Å². The summed E-state index contributed by atoms with van der Waals surface area (Å²) < 4.78 is 7.83. The van der Waals surface area contributed by atoms with Crippen LogP contribution in [0.5, 0.6) is 0 Å². The molecule has 0 unspecified atom stereocenters. The van der Waals surface area contributed by atoms with Crippen LogP contribution < -0.4 is 0 Å². The lowest BCUT2D eigenvalue weighted by atomic mass is 10.00. The summed E-state index contributed by atoms with van der Waals surface area (Å²) in [4.78, 5) is 26.4. The normalized spacial score (nSPS) is 11.7. The third-order valence-electron chi connectivity index (χ3n) is 5.29. The van der Waals surface area contributed by atoms with Gasteiger partial charge >= 0.3 is 5.97 Å². The van der Waals surface area contributed by atoms with Gasteiger partial charge in [-0.25, -0.2) is 4.79 Å². The molecule has 1 atom stereocenters. The number of esters is 1. The Morgan fingerprint density at radius 3 is 1.94 bits per heavy atom. The third-order valence-corrected chi connectivity index (χ3v) is 5.29. The first-order valence-electron chi connectivity index (χ1n) is 10.2. The molecule has 3 aromatic carbocycles. The van der Waals surface area contributed by atoms with Gasteiger partial charge in [-0.15, -0.1) is 0 Å². The van der Waals surface area contributed by atoms with Gasteiger partial charge in [-0.05, 0) is 32.0 Å². The number of Topliss-reactive ketones (excluding diaryl/α,β-unsaturated/α-hetero) is 1. The standard InChI is InChI=1S/C27H23NO3/c1-19-18-24(20(2)28(19)23-16-10-5-11-17-23)27(30)31-26(22-14-8-4-9-15-22)25(29)21-12-6-3-7-13-21/h3-18,26H,1-2H3/t26-/m1/s1. The molecule has 0 aliphatic heterocycles. The average molecular weight is 409 g/mol. The molecule has 0 fully saturated rings. The monoisotopic (exact) mass is 409 g/mol. The Balaban J connectivity index is 1.68. The Labute approximate surface area is 181 Å². The quantitative estimate of drug-likeness (QED) is 0.295. The largest absolute Gasteiger partial charge is 0.445 e. The Morgan fingerprint density at radius 2 is 1.32 bits per heavy atom. The van der Waals surface area contributed by atoms with Crippen molar-refractivity contribution < 1.29 is 14.3 Å². The Hall–Kier alpha value is -3.92. The highest BCUT2D eigenvalue weighted by Gasteiger charge is 2.28. The maximum absolute atomic E-state index is 13.2. The Morgan fingerprint density at radius 1 is 0.774 bits per heavy atom. The van der Waals surface area contributed by atoms with Crippen LogP contribution in [0.15, 0.2) is 97.1 Å². The maximum atomic E-state index is 13.2. The highest BCUT2D eigenvalue weighted by atomic mass is 16.5. The molecule has 154 valence electrons. The number of rotatable bonds is 6. The summed E-state index contributed by atoms with van der Waals surface area (Å²) in [5.74, 6) is -0.773. The highest BCUT2D eigenvalue weighted by Crippen LogP contribution is 2.27. The van der Waals surface area contributed by atoms with Crippen molar-refractivity contribution in [3.05, 3.63) is 125 Å². The van der Waals surface area contributed by atoms with Crippen molar-refractivity contribution in [2.24, 2.45) is 0 Å². The van der Waals surface area contributed by atoms with Crippen molar-refractivity contribution in [1.29, 1.82) is 0 Å². The van der Waals surface area contributed by atoms with E-state index in [1.54, 1.807) is 42.5 Å². The molecule has 0 aliphatic rings. The molecule has 0 saturated heterocycles. The number of aryl methyl sites for hydroxylation is 1. The minimum absolute atomic E-state index is 0.253. The zero-order valence-corrected chi connectivity index (χ0v) is 17.5. The molecule has 0 aliphatic carbocycles. The van der Waals surface area contributed by atoms with Gasteiger partial charge in [0.15, 0.2) is 6.10 Å². The van der Waals surface area contributed by atoms with Crippen LogP contribution in [0.1, 0.15) is 43.8 Å². The molecule has 0 N–H and O–H groups in total. The number of ketones is 1. The van der Waals surface area contributed by atoms with Crippen LogP contribution >= 0.6 is 0 Å². The summed E-state index contributed by atoms with van der Waals surface area (Å²) in [6.45, 7) is 3.83. The smallest absolute Gasteiger partial charge is 0.341 e. The molecule has 4 rings (SSSR count). The van der Waals surface area contributed by atoms with E-state index in [0.29, 0.717) is 16.7 Å². The van der Waals surface area contributed by atoms with Gasteiger partial charge in [0.25, 0.3) is 0 Å². The predicted molar refractivity (Wildman–Crippen MR) is 121 cm³/mol. The first-order valence-corrected chi connectivity index (χ1v) is 10.2. The number of ether oxygens (including phenoxy) is 1. The van der Waals surface area contributed by atoms with E-state index < -0.39 is 12.1 Å². The summed E-state index contributed by atoms with van der Waals surface area (Å²) in [5, 5.41) is 0. The number of carbonyl (C=O) groups is 2.